The zero-order valence-corrected chi connectivity index (χ0v) is 12.4. The molecule has 23 heavy (non-hydrogen) atoms. The van der Waals surface area contributed by atoms with E-state index in [0.717, 1.165) is 0 Å². The van der Waals surface area contributed by atoms with E-state index in [2.05, 4.69) is 5.32 Å². The largest absolute Gasteiger partial charge is 0.484 e. The van der Waals surface area contributed by atoms with Crippen LogP contribution in [0.3, 0.4) is 0 Å². The number of carboxylic acid groups (broad SMARTS) is 1. The molecule has 0 aliphatic carbocycles. The third-order valence-electron chi connectivity index (χ3n) is 2.88. The normalized spacial score (nSPS) is 11.1. The molecule has 0 atom stereocenters. The number of carboxylic acids is 1. The molecule has 1 rings (SSSR count). The summed E-state index contributed by atoms with van der Waals surface area (Å²) in [6.45, 7) is -1.35. The SMILES string of the molecule is O=C(O)CCCCC(=O)NCc1ccccc1OCC(F)(F)F. The molecule has 0 radical (unpaired) electrons. The first-order valence-corrected chi connectivity index (χ1v) is 7.04. The summed E-state index contributed by atoms with van der Waals surface area (Å²) in [5.41, 5.74) is 0.440. The van der Waals surface area contributed by atoms with E-state index in [1.165, 1.54) is 6.07 Å². The first kappa shape index (κ1) is 18.8. The van der Waals surface area contributed by atoms with Crippen LogP contribution in [-0.2, 0) is 16.1 Å². The highest BCUT2D eigenvalue weighted by atomic mass is 19.4. The van der Waals surface area contributed by atoms with E-state index in [1.54, 1.807) is 18.2 Å². The number of hydrogen-bond donors (Lipinski definition) is 2. The summed E-state index contributed by atoms with van der Waals surface area (Å²) in [6.07, 6.45) is -3.43. The fourth-order valence-electron chi connectivity index (χ4n) is 1.79. The summed E-state index contributed by atoms with van der Waals surface area (Å²) in [6, 6.07) is 6.15. The Balaban J connectivity index is 2.42. The van der Waals surface area contributed by atoms with Crippen LogP contribution in [0, 0.1) is 0 Å². The molecule has 0 bridgehead atoms. The molecule has 0 aromatic heterocycles. The van der Waals surface area contributed by atoms with Crippen molar-refractivity contribution in [1.82, 2.24) is 5.32 Å². The number of para-hydroxylation sites is 1. The quantitative estimate of drug-likeness (QED) is 0.681. The zero-order valence-electron chi connectivity index (χ0n) is 12.4. The van der Waals surface area contributed by atoms with Gasteiger partial charge in [-0.25, -0.2) is 0 Å². The van der Waals surface area contributed by atoms with Crippen molar-refractivity contribution in [3.05, 3.63) is 29.8 Å². The number of hydrogen-bond acceptors (Lipinski definition) is 3. The summed E-state index contributed by atoms with van der Waals surface area (Å²) in [5.74, 6) is -1.14. The summed E-state index contributed by atoms with van der Waals surface area (Å²) in [5, 5.41) is 11.1. The second-order valence-corrected chi connectivity index (χ2v) is 4.89. The predicted octanol–water partition coefficient (Wildman–Crippen LogP) is 2.89. The van der Waals surface area contributed by atoms with Gasteiger partial charge in [-0.1, -0.05) is 18.2 Å². The molecule has 0 saturated heterocycles. The summed E-state index contributed by atoms with van der Waals surface area (Å²) in [4.78, 5) is 21.9. The van der Waals surface area contributed by atoms with Gasteiger partial charge >= 0.3 is 12.1 Å². The molecule has 0 spiro atoms. The molecular weight excluding hydrogens is 315 g/mol. The molecule has 128 valence electrons. The maximum atomic E-state index is 12.2. The Kier molecular flexibility index (Phi) is 7.37. The number of alkyl halides is 3. The van der Waals surface area contributed by atoms with Crippen molar-refractivity contribution in [2.45, 2.75) is 38.4 Å². The predicted molar refractivity (Wildman–Crippen MR) is 75.9 cm³/mol. The molecule has 0 unspecified atom stereocenters. The van der Waals surface area contributed by atoms with Gasteiger partial charge in [-0.3, -0.25) is 9.59 Å². The Morgan fingerprint density at radius 3 is 2.43 bits per heavy atom. The standard InChI is InChI=1S/C15H18F3NO4/c16-15(17,18)10-23-12-6-2-1-5-11(12)9-19-13(20)7-3-4-8-14(21)22/h1-2,5-6H,3-4,7-10H2,(H,19,20)(H,21,22). The van der Waals surface area contributed by atoms with E-state index in [4.69, 9.17) is 9.84 Å². The second-order valence-electron chi connectivity index (χ2n) is 4.89. The van der Waals surface area contributed by atoms with Crippen LogP contribution in [0.15, 0.2) is 24.3 Å². The van der Waals surface area contributed by atoms with Crippen LogP contribution in [0.2, 0.25) is 0 Å². The number of amides is 1. The monoisotopic (exact) mass is 333 g/mol. The second kappa shape index (κ2) is 9.02. The van der Waals surface area contributed by atoms with E-state index in [-0.39, 0.29) is 31.0 Å². The van der Waals surface area contributed by atoms with E-state index in [9.17, 15) is 22.8 Å². The average Bonchev–Trinajstić information content (AvgIpc) is 2.47. The maximum absolute atomic E-state index is 12.2. The number of halogens is 3. The summed E-state index contributed by atoms with van der Waals surface area (Å²) >= 11 is 0. The lowest BCUT2D eigenvalue weighted by molar-refractivity contribution is -0.153. The van der Waals surface area contributed by atoms with Gasteiger partial charge in [-0.05, 0) is 18.9 Å². The lowest BCUT2D eigenvalue weighted by Crippen LogP contribution is -2.24. The third kappa shape index (κ3) is 8.70. The molecule has 1 aromatic rings. The van der Waals surface area contributed by atoms with Crippen molar-refractivity contribution in [2.75, 3.05) is 6.61 Å². The van der Waals surface area contributed by atoms with Crippen molar-refractivity contribution in [2.24, 2.45) is 0 Å². The number of aliphatic carboxylic acids is 1. The molecule has 1 amide bonds. The van der Waals surface area contributed by atoms with Gasteiger partial charge in [0.05, 0.1) is 0 Å². The van der Waals surface area contributed by atoms with Gasteiger partial charge < -0.3 is 15.2 Å². The van der Waals surface area contributed by atoms with Crippen molar-refractivity contribution in [1.29, 1.82) is 0 Å². The fraction of sp³-hybridized carbons (Fsp3) is 0.467. The molecule has 0 saturated carbocycles. The Hall–Kier alpha value is -2.25. The molecule has 0 aliphatic heterocycles. The number of carbonyl (C=O) groups excluding carboxylic acids is 1. The van der Waals surface area contributed by atoms with Crippen molar-refractivity contribution < 1.29 is 32.6 Å². The number of nitrogens with one attached hydrogen (secondary N) is 1. The summed E-state index contributed by atoms with van der Waals surface area (Å²) < 4.78 is 41.3. The Labute approximate surface area is 131 Å². The lowest BCUT2D eigenvalue weighted by atomic mass is 10.1. The van der Waals surface area contributed by atoms with E-state index in [1.807, 2.05) is 0 Å². The third-order valence-corrected chi connectivity index (χ3v) is 2.88. The van der Waals surface area contributed by atoms with Crippen LogP contribution < -0.4 is 10.1 Å². The van der Waals surface area contributed by atoms with Gasteiger partial charge in [0.1, 0.15) is 5.75 Å². The van der Waals surface area contributed by atoms with Crippen molar-refractivity contribution in [3.63, 3.8) is 0 Å². The average molecular weight is 333 g/mol. The number of rotatable bonds is 9. The molecule has 5 nitrogen and oxygen atoms in total. The highest BCUT2D eigenvalue weighted by Gasteiger charge is 2.28. The number of unbranched alkanes of at least 4 members (excludes halogenated alkanes) is 1. The van der Waals surface area contributed by atoms with Gasteiger partial charge in [0, 0.05) is 24.9 Å². The Morgan fingerprint density at radius 2 is 1.78 bits per heavy atom. The Morgan fingerprint density at radius 1 is 1.13 bits per heavy atom. The van der Waals surface area contributed by atoms with Gasteiger partial charge in [-0.15, -0.1) is 0 Å². The van der Waals surface area contributed by atoms with Crippen LogP contribution in [0.1, 0.15) is 31.2 Å². The van der Waals surface area contributed by atoms with Crippen LogP contribution in [0.5, 0.6) is 5.75 Å². The highest BCUT2D eigenvalue weighted by molar-refractivity contribution is 5.76. The van der Waals surface area contributed by atoms with Crippen LogP contribution in [0.25, 0.3) is 0 Å². The lowest BCUT2D eigenvalue weighted by Gasteiger charge is -2.13. The van der Waals surface area contributed by atoms with Crippen LogP contribution >= 0.6 is 0 Å². The van der Waals surface area contributed by atoms with E-state index in [0.29, 0.717) is 18.4 Å². The van der Waals surface area contributed by atoms with Crippen LogP contribution in [0.4, 0.5) is 13.2 Å². The minimum atomic E-state index is -4.43. The molecule has 1 aromatic carbocycles. The first-order valence-electron chi connectivity index (χ1n) is 7.04. The van der Waals surface area contributed by atoms with Gasteiger partial charge in [-0.2, -0.15) is 13.2 Å². The van der Waals surface area contributed by atoms with Crippen LogP contribution in [-0.4, -0.2) is 29.8 Å². The number of carbonyl (C=O) groups is 2. The first-order chi connectivity index (χ1) is 10.8. The zero-order chi connectivity index (χ0) is 17.3. The Bertz CT molecular complexity index is 532. The molecule has 2 N–H and O–H groups in total. The number of benzene rings is 1. The summed E-state index contributed by atoms with van der Waals surface area (Å²) in [7, 11) is 0. The van der Waals surface area contributed by atoms with E-state index >= 15 is 0 Å². The molecule has 0 heterocycles. The highest BCUT2D eigenvalue weighted by Crippen LogP contribution is 2.22. The van der Waals surface area contributed by atoms with Crippen molar-refractivity contribution >= 4 is 11.9 Å². The molecule has 0 fully saturated rings. The molecule has 8 heteroatoms. The van der Waals surface area contributed by atoms with Crippen molar-refractivity contribution in [3.8, 4) is 5.75 Å². The number of ether oxygens (including phenoxy) is 1. The van der Waals surface area contributed by atoms with E-state index < -0.39 is 18.8 Å². The smallest absolute Gasteiger partial charge is 0.422 e. The maximum Gasteiger partial charge on any atom is 0.422 e. The fourth-order valence-corrected chi connectivity index (χ4v) is 1.79. The minimum absolute atomic E-state index is 0.00138. The molecular formula is C15H18F3NO4. The molecule has 0 aliphatic rings. The minimum Gasteiger partial charge on any atom is -0.484 e. The topological polar surface area (TPSA) is 75.6 Å². The van der Waals surface area contributed by atoms with Gasteiger partial charge in [0.2, 0.25) is 5.91 Å². The van der Waals surface area contributed by atoms with Gasteiger partial charge in [0.25, 0.3) is 0 Å². The van der Waals surface area contributed by atoms with Gasteiger partial charge in [0.15, 0.2) is 6.61 Å².